The van der Waals surface area contributed by atoms with Crippen molar-refractivity contribution in [3.8, 4) is 0 Å². The lowest BCUT2D eigenvalue weighted by Crippen LogP contribution is -2.38. The first-order valence-corrected chi connectivity index (χ1v) is 14.4. The molecule has 3 saturated heterocycles. The average molecular weight is 484 g/mol. The predicted octanol–water partition coefficient (Wildman–Crippen LogP) is 5.92. The molecule has 3 aliphatic heterocycles. The zero-order valence-electron chi connectivity index (χ0n) is 22.6. The first-order valence-electron chi connectivity index (χ1n) is 14.4. The molecule has 0 saturated carbocycles. The molecule has 3 heterocycles. The summed E-state index contributed by atoms with van der Waals surface area (Å²) in [6, 6.07) is 0. The molecule has 3 aliphatic rings. The van der Waals surface area contributed by atoms with Crippen LogP contribution in [0, 0.1) is 5.92 Å². The van der Waals surface area contributed by atoms with Gasteiger partial charge in [-0.2, -0.15) is 0 Å². The Labute approximate surface area is 209 Å². The highest BCUT2D eigenvalue weighted by molar-refractivity contribution is 4.95. The zero-order chi connectivity index (χ0) is 24.2. The molecule has 6 nitrogen and oxygen atoms in total. The number of hydrogen-bond donors (Lipinski definition) is 0. The molecule has 0 bridgehead atoms. The van der Waals surface area contributed by atoms with Crippen LogP contribution in [0.5, 0.6) is 0 Å². The smallest absolute Gasteiger partial charge is 0.187 e. The molecule has 0 aromatic carbocycles. The molecule has 0 aromatic rings. The second-order valence-electron chi connectivity index (χ2n) is 11.1. The molecule has 3 rings (SSSR count). The Morgan fingerprint density at radius 1 is 0.882 bits per heavy atom. The Morgan fingerprint density at radius 2 is 1.56 bits per heavy atom. The van der Waals surface area contributed by atoms with E-state index in [0.29, 0.717) is 0 Å². The molecule has 200 valence electrons. The number of hydrogen-bond acceptors (Lipinski definition) is 6. The lowest BCUT2D eigenvalue weighted by Gasteiger charge is -2.29. The molecule has 0 amide bonds. The number of nitrogens with zero attached hydrogens (tertiary/aromatic N) is 1. The fraction of sp³-hybridized carbons (Fsp3) is 1.00. The van der Waals surface area contributed by atoms with Gasteiger partial charge in [0.1, 0.15) is 6.10 Å². The Hall–Kier alpha value is -0.240. The van der Waals surface area contributed by atoms with Crippen LogP contribution in [0.4, 0.5) is 0 Å². The van der Waals surface area contributed by atoms with Crippen LogP contribution < -0.4 is 0 Å². The standard InChI is InChI=1S/C28H53NO5/c1-5-6-7-8-9-10-11-12-15-20-30-21-16-24-25(32-27-26(24)33-28(3,4)34-27)23(2)31-22-19-29-17-13-14-18-29/h23-27H,5-22H2,1-4H3. The summed E-state index contributed by atoms with van der Waals surface area (Å²) in [5.74, 6) is -0.354. The highest BCUT2D eigenvalue weighted by Crippen LogP contribution is 2.43. The van der Waals surface area contributed by atoms with E-state index in [0.717, 1.165) is 39.2 Å². The second-order valence-corrected chi connectivity index (χ2v) is 11.1. The lowest BCUT2D eigenvalue weighted by molar-refractivity contribution is -0.223. The maximum absolute atomic E-state index is 6.33. The maximum Gasteiger partial charge on any atom is 0.187 e. The molecule has 3 fully saturated rings. The van der Waals surface area contributed by atoms with Crippen molar-refractivity contribution in [3.05, 3.63) is 0 Å². The van der Waals surface area contributed by atoms with Crippen LogP contribution in [-0.4, -0.2) is 74.7 Å². The van der Waals surface area contributed by atoms with Crippen molar-refractivity contribution < 1.29 is 23.7 Å². The fourth-order valence-electron chi connectivity index (χ4n) is 5.69. The van der Waals surface area contributed by atoms with Crippen molar-refractivity contribution in [3.63, 3.8) is 0 Å². The molecule has 34 heavy (non-hydrogen) atoms. The third-order valence-corrected chi connectivity index (χ3v) is 7.66. The van der Waals surface area contributed by atoms with E-state index in [2.05, 4.69) is 18.7 Å². The van der Waals surface area contributed by atoms with Crippen molar-refractivity contribution in [2.24, 2.45) is 5.92 Å². The highest BCUT2D eigenvalue weighted by Gasteiger charge is 2.55. The van der Waals surface area contributed by atoms with Gasteiger partial charge < -0.3 is 28.6 Å². The van der Waals surface area contributed by atoms with E-state index in [1.54, 1.807) is 0 Å². The first-order chi connectivity index (χ1) is 16.5. The number of unbranched alkanes of at least 4 members (excludes halogenated alkanes) is 8. The summed E-state index contributed by atoms with van der Waals surface area (Å²) in [5.41, 5.74) is 0. The van der Waals surface area contributed by atoms with E-state index in [-0.39, 0.29) is 30.5 Å². The lowest BCUT2D eigenvalue weighted by atomic mass is 9.92. The van der Waals surface area contributed by atoms with Gasteiger partial charge in [0.05, 0.1) is 18.8 Å². The van der Waals surface area contributed by atoms with Gasteiger partial charge >= 0.3 is 0 Å². The van der Waals surface area contributed by atoms with Crippen LogP contribution in [0.3, 0.4) is 0 Å². The Morgan fingerprint density at radius 3 is 2.26 bits per heavy atom. The quantitative estimate of drug-likeness (QED) is 0.226. The van der Waals surface area contributed by atoms with Gasteiger partial charge in [-0.15, -0.1) is 0 Å². The summed E-state index contributed by atoms with van der Waals surface area (Å²) >= 11 is 0. The zero-order valence-corrected chi connectivity index (χ0v) is 22.6. The van der Waals surface area contributed by atoms with E-state index < -0.39 is 5.79 Å². The summed E-state index contributed by atoms with van der Waals surface area (Å²) < 4.78 is 30.9. The number of likely N-dealkylation sites (tertiary alicyclic amines) is 1. The Kier molecular flexibility index (Phi) is 12.6. The highest BCUT2D eigenvalue weighted by atomic mass is 16.8. The minimum absolute atomic E-state index is 0.0130. The SMILES string of the molecule is CCCCCCCCCCCOCCC1C(C(C)OCCN2CCCC2)OC2OC(C)(C)OC21. The van der Waals surface area contributed by atoms with Gasteiger partial charge in [-0.25, -0.2) is 0 Å². The number of fused-ring (bicyclic) bond motifs is 1. The monoisotopic (exact) mass is 483 g/mol. The normalized spacial score (nSPS) is 29.6. The van der Waals surface area contributed by atoms with Crippen LogP contribution in [0.2, 0.25) is 0 Å². The van der Waals surface area contributed by atoms with Crippen molar-refractivity contribution >= 4 is 0 Å². The summed E-state index contributed by atoms with van der Waals surface area (Å²) in [5, 5.41) is 0. The van der Waals surface area contributed by atoms with Gasteiger partial charge in [-0.1, -0.05) is 58.3 Å². The van der Waals surface area contributed by atoms with E-state index in [1.807, 2.05) is 13.8 Å². The minimum Gasteiger partial charge on any atom is -0.381 e. The number of rotatable bonds is 18. The summed E-state index contributed by atoms with van der Waals surface area (Å²) in [6.45, 7) is 14.1. The molecule has 5 atom stereocenters. The molecule has 0 aliphatic carbocycles. The van der Waals surface area contributed by atoms with E-state index in [4.69, 9.17) is 23.7 Å². The molecule has 0 radical (unpaired) electrons. The Balaban J connectivity index is 1.32. The summed E-state index contributed by atoms with van der Waals surface area (Å²) in [6.07, 6.45) is 15.3. The van der Waals surface area contributed by atoms with Crippen LogP contribution in [0.25, 0.3) is 0 Å². The predicted molar refractivity (Wildman–Crippen MR) is 136 cm³/mol. The maximum atomic E-state index is 6.33. The van der Waals surface area contributed by atoms with Crippen molar-refractivity contribution in [1.82, 2.24) is 4.90 Å². The van der Waals surface area contributed by atoms with Gasteiger partial charge in [0.2, 0.25) is 0 Å². The van der Waals surface area contributed by atoms with Crippen molar-refractivity contribution in [1.29, 1.82) is 0 Å². The van der Waals surface area contributed by atoms with Gasteiger partial charge in [0, 0.05) is 25.7 Å². The molecular formula is C28H53NO5. The van der Waals surface area contributed by atoms with Crippen LogP contribution in [0.1, 0.15) is 105 Å². The van der Waals surface area contributed by atoms with E-state index >= 15 is 0 Å². The van der Waals surface area contributed by atoms with Gasteiger partial charge in [0.25, 0.3) is 0 Å². The summed E-state index contributed by atoms with van der Waals surface area (Å²) in [4.78, 5) is 2.49. The molecule has 0 N–H and O–H groups in total. The molecule has 5 unspecified atom stereocenters. The topological polar surface area (TPSA) is 49.4 Å². The molecular weight excluding hydrogens is 430 g/mol. The average Bonchev–Trinajstić information content (AvgIpc) is 3.50. The minimum atomic E-state index is -0.588. The van der Waals surface area contributed by atoms with Crippen molar-refractivity contribution in [2.45, 2.75) is 135 Å². The van der Waals surface area contributed by atoms with Crippen molar-refractivity contribution in [2.75, 3.05) is 39.5 Å². The number of ether oxygens (including phenoxy) is 5. The fourth-order valence-corrected chi connectivity index (χ4v) is 5.69. The van der Waals surface area contributed by atoms with Gasteiger partial charge in [-0.05, 0) is 59.5 Å². The third kappa shape index (κ3) is 9.33. The molecule has 6 heteroatoms. The third-order valence-electron chi connectivity index (χ3n) is 7.66. The summed E-state index contributed by atoms with van der Waals surface area (Å²) in [7, 11) is 0. The van der Waals surface area contributed by atoms with Crippen LogP contribution >= 0.6 is 0 Å². The first kappa shape index (κ1) is 28.3. The molecule has 0 aromatic heterocycles. The second kappa shape index (κ2) is 15.1. The van der Waals surface area contributed by atoms with Gasteiger partial charge in [0.15, 0.2) is 12.1 Å². The Bertz CT molecular complexity index is 539. The van der Waals surface area contributed by atoms with E-state index in [9.17, 15) is 0 Å². The van der Waals surface area contributed by atoms with Crippen LogP contribution in [-0.2, 0) is 23.7 Å². The van der Waals surface area contributed by atoms with Gasteiger partial charge in [-0.3, -0.25) is 0 Å². The molecule has 0 spiro atoms. The van der Waals surface area contributed by atoms with E-state index in [1.165, 1.54) is 77.3 Å². The van der Waals surface area contributed by atoms with Crippen LogP contribution in [0.15, 0.2) is 0 Å². The largest absolute Gasteiger partial charge is 0.381 e.